The van der Waals surface area contributed by atoms with Crippen LogP contribution in [0.4, 0.5) is 0 Å². The highest BCUT2D eigenvalue weighted by atomic mass is 32.2. The minimum Gasteiger partial charge on any atom is -0.394 e. The van der Waals surface area contributed by atoms with Crippen LogP contribution in [0.15, 0.2) is 0 Å². The van der Waals surface area contributed by atoms with Crippen molar-refractivity contribution in [2.24, 2.45) is 0 Å². The summed E-state index contributed by atoms with van der Waals surface area (Å²) in [5, 5.41) is 14.8. The van der Waals surface area contributed by atoms with E-state index in [0.717, 1.165) is 49.5 Å². The monoisotopic (exact) mass is 273 g/mol. The molecule has 1 saturated carbocycles. The van der Waals surface area contributed by atoms with E-state index in [0.29, 0.717) is 0 Å². The van der Waals surface area contributed by atoms with Gasteiger partial charge in [-0.1, -0.05) is 6.92 Å². The molecule has 1 heterocycles. The molecule has 2 aliphatic rings. The molecule has 0 spiro atoms. The lowest BCUT2D eigenvalue weighted by atomic mass is 9.99. The molecule has 2 atom stereocenters. The van der Waals surface area contributed by atoms with Gasteiger partial charge < -0.3 is 15.2 Å². The lowest BCUT2D eigenvalue weighted by Gasteiger charge is -2.29. The number of thioether (sulfide) groups is 1. The highest BCUT2D eigenvalue weighted by Gasteiger charge is 2.39. The summed E-state index contributed by atoms with van der Waals surface area (Å²) < 4.78 is 5.41. The van der Waals surface area contributed by atoms with Gasteiger partial charge >= 0.3 is 0 Å². The highest BCUT2D eigenvalue weighted by molar-refractivity contribution is 8.00. The van der Waals surface area contributed by atoms with Gasteiger partial charge in [-0.15, -0.1) is 0 Å². The Kier molecular flexibility index (Phi) is 5.80. The lowest BCUT2D eigenvalue weighted by molar-refractivity contribution is 0.0999. The van der Waals surface area contributed by atoms with Gasteiger partial charge in [0.1, 0.15) is 0 Å². The van der Waals surface area contributed by atoms with E-state index in [9.17, 15) is 5.11 Å². The molecule has 0 amide bonds. The molecule has 1 aliphatic heterocycles. The van der Waals surface area contributed by atoms with Crippen LogP contribution in [0, 0.1) is 0 Å². The number of hydrogen-bond donors (Lipinski definition) is 2. The van der Waals surface area contributed by atoms with Crippen LogP contribution in [0.3, 0.4) is 0 Å². The van der Waals surface area contributed by atoms with Crippen molar-refractivity contribution in [3.05, 3.63) is 0 Å². The van der Waals surface area contributed by atoms with Crippen molar-refractivity contribution in [2.75, 3.05) is 26.4 Å². The smallest absolute Gasteiger partial charge is 0.0613 e. The average Bonchev–Trinajstić information content (AvgIpc) is 2.82. The Morgan fingerprint density at radius 2 is 2.06 bits per heavy atom. The molecular formula is C14H27NO2S. The van der Waals surface area contributed by atoms with E-state index < -0.39 is 0 Å². The normalized spacial score (nSPS) is 34.0. The third kappa shape index (κ3) is 3.86. The third-order valence-corrected chi connectivity index (χ3v) is 5.81. The summed E-state index contributed by atoms with van der Waals surface area (Å²) in [4.78, 5) is 0. The highest BCUT2D eigenvalue weighted by Crippen LogP contribution is 2.40. The van der Waals surface area contributed by atoms with E-state index in [4.69, 9.17) is 4.74 Å². The zero-order chi connectivity index (χ0) is 12.8. The van der Waals surface area contributed by atoms with Gasteiger partial charge in [0.25, 0.3) is 0 Å². The van der Waals surface area contributed by atoms with Gasteiger partial charge in [0, 0.05) is 29.3 Å². The van der Waals surface area contributed by atoms with E-state index in [1.165, 1.54) is 19.3 Å². The Bertz CT molecular complexity index is 246. The molecule has 0 aromatic heterocycles. The van der Waals surface area contributed by atoms with E-state index in [-0.39, 0.29) is 12.1 Å². The minimum atomic E-state index is 0.0127. The summed E-state index contributed by atoms with van der Waals surface area (Å²) in [5.41, 5.74) is 0.0127. The second-order valence-electron chi connectivity index (χ2n) is 5.68. The first kappa shape index (κ1) is 14.6. The van der Waals surface area contributed by atoms with Crippen molar-refractivity contribution in [1.29, 1.82) is 0 Å². The van der Waals surface area contributed by atoms with Crippen LogP contribution in [0.2, 0.25) is 0 Å². The second kappa shape index (κ2) is 7.13. The molecule has 0 bridgehead atoms. The topological polar surface area (TPSA) is 41.5 Å². The molecule has 0 aromatic carbocycles. The van der Waals surface area contributed by atoms with Crippen LogP contribution < -0.4 is 5.32 Å². The van der Waals surface area contributed by atoms with Crippen molar-refractivity contribution >= 4 is 11.8 Å². The Hall–Kier alpha value is 0.230. The number of aliphatic hydroxyl groups excluding tert-OH is 1. The van der Waals surface area contributed by atoms with Crippen LogP contribution in [0.25, 0.3) is 0 Å². The van der Waals surface area contributed by atoms with Crippen molar-refractivity contribution in [1.82, 2.24) is 5.32 Å². The standard InChI is InChI=1S/C14H27NO2S/c1-2-7-15-14(11-16)6-3-13(10-14)18-12-4-8-17-9-5-12/h12-13,15-16H,2-11H2,1H3. The molecule has 106 valence electrons. The fraction of sp³-hybridized carbons (Fsp3) is 1.00. The number of hydrogen-bond acceptors (Lipinski definition) is 4. The maximum Gasteiger partial charge on any atom is 0.0613 e. The Morgan fingerprint density at radius 3 is 2.72 bits per heavy atom. The van der Waals surface area contributed by atoms with Crippen LogP contribution in [0.1, 0.15) is 45.4 Å². The maximum atomic E-state index is 9.68. The number of aliphatic hydroxyl groups is 1. The molecule has 2 fully saturated rings. The van der Waals surface area contributed by atoms with E-state index in [1.807, 2.05) is 0 Å². The van der Waals surface area contributed by atoms with Gasteiger partial charge in [-0.2, -0.15) is 11.8 Å². The summed E-state index contributed by atoms with van der Waals surface area (Å²) >= 11 is 2.15. The summed E-state index contributed by atoms with van der Waals surface area (Å²) in [6, 6.07) is 0. The predicted molar refractivity (Wildman–Crippen MR) is 77.2 cm³/mol. The van der Waals surface area contributed by atoms with Crippen LogP contribution in [-0.4, -0.2) is 47.5 Å². The number of ether oxygens (including phenoxy) is 1. The maximum absolute atomic E-state index is 9.68. The molecule has 0 radical (unpaired) electrons. The van der Waals surface area contributed by atoms with E-state index in [1.54, 1.807) is 0 Å². The summed E-state index contributed by atoms with van der Waals surface area (Å²) in [7, 11) is 0. The fourth-order valence-electron chi connectivity index (χ4n) is 3.03. The summed E-state index contributed by atoms with van der Waals surface area (Å²) in [6.07, 6.45) is 7.06. The van der Waals surface area contributed by atoms with Crippen LogP contribution in [-0.2, 0) is 4.74 Å². The van der Waals surface area contributed by atoms with Crippen molar-refractivity contribution in [3.8, 4) is 0 Å². The second-order valence-corrected chi connectivity index (χ2v) is 7.28. The van der Waals surface area contributed by atoms with Gasteiger partial charge in [-0.05, 0) is 45.1 Å². The Labute approximate surface area is 115 Å². The zero-order valence-electron chi connectivity index (χ0n) is 11.5. The zero-order valence-corrected chi connectivity index (χ0v) is 12.3. The van der Waals surface area contributed by atoms with E-state index in [2.05, 4.69) is 24.0 Å². The summed E-state index contributed by atoms with van der Waals surface area (Å²) in [5.74, 6) is 0. The molecule has 2 N–H and O–H groups in total. The van der Waals surface area contributed by atoms with Crippen LogP contribution >= 0.6 is 11.8 Å². The molecule has 2 rings (SSSR count). The molecule has 18 heavy (non-hydrogen) atoms. The molecule has 2 unspecified atom stereocenters. The SMILES string of the molecule is CCCNC1(CO)CCC(SC2CCOCC2)C1. The quantitative estimate of drug-likeness (QED) is 0.778. The Morgan fingerprint density at radius 1 is 1.28 bits per heavy atom. The van der Waals surface area contributed by atoms with E-state index >= 15 is 0 Å². The first-order chi connectivity index (χ1) is 8.78. The molecule has 4 heteroatoms. The first-order valence-electron chi connectivity index (χ1n) is 7.37. The number of rotatable bonds is 6. The average molecular weight is 273 g/mol. The largest absolute Gasteiger partial charge is 0.394 e. The van der Waals surface area contributed by atoms with Gasteiger partial charge in [0.15, 0.2) is 0 Å². The Balaban J connectivity index is 1.78. The first-order valence-corrected chi connectivity index (χ1v) is 8.31. The van der Waals surface area contributed by atoms with Crippen molar-refractivity contribution < 1.29 is 9.84 Å². The third-order valence-electron chi connectivity index (χ3n) is 4.17. The molecule has 1 aliphatic carbocycles. The molecular weight excluding hydrogens is 246 g/mol. The van der Waals surface area contributed by atoms with Crippen LogP contribution in [0.5, 0.6) is 0 Å². The predicted octanol–water partition coefficient (Wildman–Crippen LogP) is 2.18. The molecule has 0 aromatic rings. The number of nitrogens with one attached hydrogen (secondary N) is 1. The summed E-state index contributed by atoms with van der Waals surface area (Å²) in [6.45, 7) is 5.36. The molecule has 3 nitrogen and oxygen atoms in total. The van der Waals surface area contributed by atoms with Gasteiger partial charge in [0.2, 0.25) is 0 Å². The van der Waals surface area contributed by atoms with Crippen molar-refractivity contribution in [2.45, 2.75) is 61.5 Å². The van der Waals surface area contributed by atoms with Gasteiger partial charge in [-0.3, -0.25) is 0 Å². The van der Waals surface area contributed by atoms with Crippen molar-refractivity contribution in [3.63, 3.8) is 0 Å². The molecule has 1 saturated heterocycles. The fourth-order valence-corrected chi connectivity index (χ4v) is 4.71. The van der Waals surface area contributed by atoms with Gasteiger partial charge in [0.05, 0.1) is 6.61 Å². The van der Waals surface area contributed by atoms with Gasteiger partial charge in [-0.25, -0.2) is 0 Å². The minimum absolute atomic E-state index is 0.0127. The lowest BCUT2D eigenvalue weighted by Crippen LogP contribution is -2.46.